The molecule has 1 amide bonds. The van der Waals surface area contributed by atoms with Crippen LogP contribution in [0, 0.1) is 0 Å². The van der Waals surface area contributed by atoms with Gasteiger partial charge in [-0.1, -0.05) is 6.92 Å². The highest BCUT2D eigenvalue weighted by Crippen LogP contribution is 2.26. The number of sulfonamides is 1. The Morgan fingerprint density at radius 1 is 1.38 bits per heavy atom. The van der Waals surface area contributed by atoms with Gasteiger partial charge in [0.05, 0.1) is 18.5 Å². The van der Waals surface area contributed by atoms with Crippen LogP contribution in [-0.4, -0.2) is 59.4 Å². The van der Waals surface area contributed by atoms with Gasteiger partial charge in [0.25, 0.3) is 5.56 Å². The summed E-state index contributed by atoms with van der Waals surface area (Å²) in [6.45, 7) is 3.47. The maximum Gasteiger partial charge on any atom is 0.254 e. The molecule has 0 aliphatic carbocycles. The summed E-state index contributed by atoms with van der Waals surface area (Å²) in [5.74, 6) is 0.647. The van der Waals surface area contributed by atoms with Gasteiger partial charge >= 0.3 is 0 Å². The molecule has 0 bridgehead atoms. The highest BCUT2D eigenvalue weighted by molar-refractivity contribution is 7.88. The van der Waals surface area contributed by atoms with E-state index in [1.807, 2.05) is 6.92 Å². The Balaban J connectivity index is 1.86. The molecular weight excluding hydrogens is 332 g/mol. The number of likely N-dealkylation sites (tertiary alicyclic amines) is 1. The van der Waals surface area contributed by atoms with Gasteiger partial charge in [-0.05, 0) is 12.8 Å². The number of hydrogen-bond acceptors (Lipinski definition) is 5. The van der Waals surface area contributed by atoms with Gasteiger partial charge in [-0.25, -0.2) is 13.4 Å². The molecule has 24 heavy (non-hydrogen) atoms. The van der Waals surface area contributed by atoms with E-state index in [0.29, 0.717) is 49.6 Å². The summed E-state index contributed by atoms with van der Waals surface area (Å²) in [6.07, 6.45) is 2.75. The van der Waals surface area contributed by atoms with Crippen molar-refractivity contribution in [3.63, 3.8) is 0 Å². The summed E-state index contributed by atoms with van der Waals surface area (Å²) >= 11 is 0. The molecule has 1 atom stereocenters. The molecule has 2 aliphatic rings. The van der Waals surface area contributed by atoms with Gasteiger partial charge in [-0.2, -0.15) is 4.31 Å². The van der Waals surface area contributed by atoms with Gasteiger partial charge in [-0.3, -0.25) is 9.59 Å². The lowest BCUT2D eigenvalue weighted by Gasteiger charge is -2.26. The van der Waals surface area contributed by atoms with Crippen LogP contribution in [0.1, 0.15) is 42.8 Å². The number of aromatic nitrogens is 2. The monoisotopic (exact) mass is 354 g/mol. The number of amides is 1. The first-order valence-electron chi connectivity index (χ1n) is 8.14. The first kappa shape index (κ1) is 17.1. The van der Waals surface area contributed by atoms with E-state index >= 15 is 0 Å². The first-order valence-corrected chi connectivity index (χ1v) is 9.99. The SMILES string of the molecule is CCC(=O)N1CC[C@H](c2nc3c(c(=O)[nH]2)CCN(S(C)(=O)=O)C3)C1. The largest absolute Gasteiger partial charge is 0.342 e. The summed E-state index contributed by atoms with van der Waals surface area (Å²) in [4.78, 5) is 33.3. The zero-order valence-electron chi connectivity index (χ0n) is 13.9. The van der Waals surface area contributed by atoms with E-state index < -0.39 is 10.0 Å². The number of carbonyl (C=O) groups is 1. The van der Waals surface area contributed by atoms with Crippen LogP contribution in [0.5, 0.6) is 0 Å². The summed E-state index contributed by atoms with van der Waals surface area (Å²) in [5.41, 5.74) is 0.909. The molecule has 2 aliphatic heterocycles. The molecule has 9 heteroatoms. The molecule has 3 heterocycles. The highest BCUT2D eigenvalue weighted by atomic mass is 32.2. The molecule has 1 saturated heterocycles. The molecule has 1 N–H and O–H groups in total. The van der Waals surface area contributed by atoms with Crippen LogP contribution in [0.4, 0.5) is 0 Å². The molecule has 0 aromatic carbocycles. The van der Waals surface area contributed by atoms with Crippen LogP contribution in [-0.2, 0) is 27.8 Å². The minimum absolute atomic E-state index is 0.00731. The van der Waals surface area contributed by atoms with E-state index in [2.05, 4.69) is 9.97 Å². The second kappa shape index (κ2) is 6.29. The third-order valence-corrected chi connectivity index (χ3v) is 6.01. The van der Waals surface area contributed by atoms with Crippen LogP contribution < -0.4 is 5.56 Å². The summed E-state index contributed by atoms with van der Waals surface area (Å²) in [6, 6.07) is 0. The first-order chi connectivity index (χ1) is 11.3. The van der Waals surface area contributed by atoms with Crippen molar-refractivity contribution in [1.29, 1.82) is 0 Å². The third-order valence-electron chi connectivity index (χ3n) is 4.76. The summed E-state index contributed by atoms with van der Waals surface area (Å²) < 4.78 is 24.8. The van der Waals surface area contributed by atoms with Crippen molar-refractivity contribution in [2.24, 2.45) is 0 Å². The number of carbonyl (C=O) groups excluding carboxylic acids is 1. The fourth-order valence-corrected chi connectivity index (χ4v) is 4.12. The van der Waals surface area contributed by atoms with Crippen LogP contribution >= 0.6 is 0 Å². The van der Waals surface area contributed by atoms with Crippen molar-refractivity contribution in [1.82, 2.24) is 19.2 Å². The van der Waals surface area contributed by atoms with Crippen molar-refractivity contribution in [3.05, 3.63) is 27.4 Å². The van der Waals surface area contributed by atoms with Gasteiger partial charge in [0, 0.05) is 37.5 Å². The minimum atomic E-state index is -3.31. The topological polar surface area (TPSA) is 103 Å². The van der Waals surface area contributed by atoms with Gasteiger partial charge in [0.2, 0.25) is 15.9 Å². The van der Waals surface area contributed by atoms with Crippen molar-refractivity contribution < 1.29 is 13.2 Å². The van der Waals surface area contributed by atoms with Gasteiger partial charge in [0.1, 0.15) is 5.82 Å². The van der Waals surface area contributed by atoms with Crippen LogP contribution in [0.15, 0.2) is 4.79 Å². The number of rotatable bonds is 3. The van der Waals surface area contributed by atoms with Crippen molar-refractivity contribution in [3.8, 4) is 0 Å². The summed E-state index contributed by atoms with van der Waals surface area (Å²) in [7, 11) is -3.31. The molecule has 1 aromatic heterocycles. The fourth-order valence-electron chi connectivity index (χ4n) is 3.34. The zero-order chi connectivity index (χ0) is 17.5. The normalized spacial score (nSPS) is 21.8. The van der Waals surface area contributed by atoms with Crippen LogP contribution in [0.25, 0.3) is 0 Å². The maximum absolute atomic E-state index is 12.3. The Morgan fingerprint density at radius 3 is 2.79 bits per heavy atom. The van der Waals surface area contributed by atoms with E-state index in [-0.39, 0.29) is 23.9 Å². The standard InChI is InChI=1S/C15H22N4O4S/c1-3-13(20)18-6-4-10(8-18)14-16-12-9-19(24(2,22)23)7-5-11(12)15(21)17-14/h10H,3-9H2,1-2H3,(H,16,17,21)/t10-/m0/s1. The number of nitrogens with zero attached hydrogens (tertiary/aromatic N) is 3. The molecule has 0 saturated carbocycles. The lowest BCUT2D eigenvalue weighted by molar-refractivity contribution is -0.129. The average Bonchev–Trinajstić information content (AvgIpc) is 3.02. The molecule has 3 rings (SSSR count). The van der Waals surface area contributed by atoms with Crippen LogP contribution in [0.2, 0.25) is 0 Å². The Bertz CT molecular complexity index is 817. The van der Waals surface area contributed by atoms with E-state index in [1.165, 1.54) is 4.31 Å². The molecular formula is C15H22N4O4S. The number of H-pyrrole nitrogens is 1. The lowest BCUT2D eigenvalue weighted by Crippen LogP contribution is -2.39. The van der Waals surface area contributed by atoms with Gasteiger partial charge in [-0.15, -0.1) is 0 Å². The van der Waals surface area contributed by atoms with Crippen molar-refractivity contribution in [2.75, 3.05) is 25.9 Å². The van der Waals surface area contributed by atoms with E-state index in [1.54, 1.807) is 4.90 Å². The minimum Gasteiger partial charge on any atom is -0.342 e. The lowest BCUT2D eigenvalue weighted by atomic mass is 10.1. The molecule has 1 aromatic rings. The van der Waals surface area contributed by atoms with Gasteiger partial charge < -0.3 is 9.88 Å². The second-order valence-electron chi connectivity index (χ2n) is 6.40. The van der Waals surface area contributed by atoms with E-state index in [9.17, 15) is 18.0 Å². The Hall–Kier alpha value is -1.74. The van der Waals surface area contributed by atoms with Gasteiger partial charge in [0.15, 0.2) is 0 Å². The number of hydrogen-bond donors (Lipinski definition) is 1. The average molecular weight is 354 g/mol. The predicted molar refractivity (Wildman–Crippen MR) is 88.0 cm³/mol. The summed E-state index contributed by atoms with van der Waals surface area (Å²) in [5, 5.41) is 0. The zero-order valence-corrected chi connectivity index (χ0v) is 14.7. The quantitative estimate of drug-likeness (QED) is 0.810. The maximum atomic E-state index is 12.3. The number of aromatic amines is 1. The molecule has 0 spiro atoms. The predicted octanol–water partition coefficient (Wildman–Crippen LogP) is -0.186. The smallest absolute Gasteiger partial charge is 0.254 e. The van der Waals surface area contributed by atoms with E-state index in [0.717, 1.165) is 12.7 Å². The third kappa shape index (κ3) is 3.23. The van der Waals surface area contributed by atoms with Crippen molar-refractivity contribution >= 4 is 15.9 Å². The molecule has 0 unspecified atom stereocenters. The van der Waals surface area contributed by atoms with Crippen molar-refractivity contribution in [2.45, 2.75) is 38.6 Å². The Labute approximate surface area is 140 Å². The van der Waals surface area contributed by atoms with Crippen LogP contribution in [0.3, 0.4) is 0 Å². The molecule has 0 radical (unpaired) electrons. The number of fused-ring (bicyclic) bond motifs is 1. The molecule has 8 nitrogen and oxygen atoms in total. The molecule has 132 valence electrons. The number of nitrogens with one attached hydrogen (secondary N) is 1. The second-order valence-corrected chi connectivity index (χ2v) is 8.38. The Kier molecular flexibility index (Phi) is 4.48. The van der Waals surface area contributed by atoms with E-state index in [4.69, 9.17) is 0 Å². The Morgan fingerprint density at radius 2 is 2.12 bits per heavy atom. The highest BCUT2D eigenvalue weighted by Gasteiger charge is 2.31. The fraction of sp³-hybridized carbons (Fsp3) is 0.667. The molecule has 1 fully saturated rings.